The van der Waals surface area contributed by atoms with Crippen LogP contribution in [0.2, 0.25) is 0 Å². The van der Waals surface area contributed by atoms with E-state index < -0.39 is 0 Å². The van der Waals surface area contributed by atoms with Gasteiger partial charge in [0, 0.05) is 35.8 Å². The van der Waals surface area contributed by atoms with Crippen molar-refractivity contribution in [2.24, 2.45) is 0 Å². The van der Waals surface area contributed by atoms with Crippen LogP contribution < -0.4 is 10.2 Å². The maximum absolute atomic E-state index is 13.2. The van der Waals surface area contributed by atoms with Crippen molar-refractivity contribution in [2.45, 2.75) is 26.8 Å². The van der Waals surface area contributed by atoms with E-state index in [9.17, 15) is 9.59 Å². The summed E-state index contributed by atoms with van der Waals surface area (Å²) >= 11 is 0. The molecule has 0 spiro atoms. The zero-order chi connectivity index (χ0) is 19.4. The van der Waals surface area contributed by atoms with Crippen LogP contribution in [0.15, 0.2) is 53.5 Å². The second kappa shape index (κ2) is 8.08. The van der Waals surface area contributed by atoms with Gasteiger partial charge >= 0.3 is 0 Å². The number of hydrogen-bond acceptors (Lipinski definition) is 3. The summed E-state index contributed by atoms with van der Waals surface area (Å²) < 4.78 is 5.40. The summed E-state index contributed by atoms with van der Waals surface area (Å²) in [7, 11) is 1.61. The van der Waals surface area contributed by atoms with Crippen LogP contribution in [0.1, 0.15) is 34.8 Å². The first kappa shape index (κ1) is 18.7. The first-order valence-electron chi connectivity index (χ1n) is 9.08. The van der Waals surface area contributed by atoms with Crippen molar-refractivity contribution < 1.29 is 9.53 Å². The van der Waals surface area contributed by atoms with Gasteiger partial charge in [-0.25, -0.2) is 0 Å². The standard InChI is InChI=1S/C22H24N2O3/c1-4-11-24(14-16-7-5-6-8-20(16)27-3)22(26)18-13-23-19-10-9-15(2)12-17(19)21(18)25/h5-10,12-13H,4,11,14H2,1-3H3,(H,23,25). The number of aromatic amines is 1. The molecular formula is C22H24N2O3. The van der Waals surface area contributed by atoms with Crippen molar-refractivity contribution in [3.8, 4) is 5.75 Å². The number of para-hydroxylation sites is 1. The fourth-order valence-electron chi connectivity index (χ4n) is 3.22. The molecule has 5 heteroatoms. The smallest absolute Gasteiger partial charge is 0.259 e. The molecule has 2 aromatic carbocycles. The summed E-state index contributed by atoms with van der Waals surface area (Å²) in [6.45, 7) is 4.89. The summed E-state index contributed by atoms with van der Waals surface area (Å²) in [6.07, 6.45) is 2.32. The van der Waals surface area contributed by atoms with Gasteiger partial charge in [-0.05, 0) is 31.5 Å². The Morgan fingerprint density at radius 1 is 1.19 bits per heavy atom. The number of pyridine rings is 1. The third kappa shape index (κ3) is 3.87. The number of nitrogens with zero attached hydrogens (tertiary/aromatic N) is 1. The molecule has 0 saturated heterocycles. The van der Waals surface area contributed by atoms with Gasteiger partial charge in [0.15, 0.2) is 0 Å². The largest absolute Gasteiger partial charge is 0.496 e. The van der Waals surface area contributed by atoms with Gasteiger partial charge in [-0.1, -0.05) is 36.8 Å². The van der Waals surface area contributed by atoms with Crippen LogP contribution in [0, 0.1) is 6.92 Å². The number of carbonyl (C=O) groups excluding carboxylic acids is 1. The number of aryl methyl sites for hydroxylation is 1. The lowest BCUT2D eigenvalue weighted by Crippen LogP contribution is -2.34. The van der Waals surface area contributed by atoms with Crippen molar-refractivity contribution in [3.05, 3.63) is 75.6 Å². The SMILES string of the molecule is CCCN(Cc1ccccc1OC)C(=O)c1c[nH]c2ccc(C)cc2c1=O. The monoisotopic (exact) mass is 364 g/mol. The molecule has 1 heterocycles. The molecule has 3 aromatic rings. The molecular weight excluding hydrogens is 340 g/mol. The van der Waals surface area contributed by atoms with E-state index in [1.807, 2.05) is 56.3 Å². The zero-order valence-corrected chi connectivity index (χ0v) is 15.9. The number of nitrogens with one attached hydrogen (secondary N) is 1. The number of carbonyl (C=O) groups is 1. The number of hydrogen-bond donors (Lipinski definition) is 1. The average Bonchev–Trinajstić information content (AvgIpc) is 2.68. The Morgan fingerprint density at radius 2 is 1.96 bits per heavy atom. The molecule has 0 aliphatic carbocycles. The molecule has 0 aliphatic heterocycles. The van der Waals surface area contributed by atoms with E-state index in [4.69, 9.17) is 4.74 Å². The van der Waals surface area contributed by atoms with Crippen LogP contribution in [-0.4, -0.2) is 29.4 Å². The Kier molecular flexibility index (Phi) is 5.60. The lowest BCUT2D eigenvalue weighted by molar-refractivity contribution is 0.0740. The number of H-pyrrole nitrogens is 1. The molecule has 0 aliphatic rings. The van der Waals surface area contributed by atoms with Gasteiger partial charge in [0.25, 0.3) is 5.91 Å². The Hall–Kier alpha value is -3.08. The number of rotatable bonds is 6. The van der Waals surface area contributed by atoms with Crippen LogP contribution >= 0.6 is 0 Å². The van der Waals surface area contributed by atoms with Gasteiger partial charge < -0.3 is 14.6 Å². The molecule has 0 radical (unpaired) electrons. The lowest BCUT2D eigenvalue weighted by atomic mass is 10.1. The number of amides is 1. The molecule has 0 unspecified atom stereocenters. The minimum Gasteiger partial charge on any atom is -0.496 e. The summed E-state index contributed by atoms with van der Waals surface area (Å²) in [6, 6.07) is 13.2. The fraction of sp³-hybridized carbons (Fsp3) is 0.273. The maximum Gasteiger partial charge on any atom is 0.259 e. The number of benzene rings is 2. The van der Waals surface area contributed by atoms with E-state index in [1.54, 1.807) is 12.0 Å². The second-order valence-corrected chi connectivity index (χ2v) is 6.62. The maximum atomic E-state index is 13.2. The first-order valence-corrected chi connectivity index (χ1v) is 9.08. The van der Waals surface area contributed by atoms with Crippen molar-refractivity contribution in [1.29, 1.82) is 0 Å². The normalized spacial score (nSPS) is 10.8. The third-order valence-corrected chi connectivity index (χ3v) is 4.60. The minimum atomic E-state index is -0.271. The zero-order valence-electron chi connectivity index (χ0n) is 15.9. The summed E-state index contributed by atoms with van der Waals surface area (Å²) in [5.41, 5.74) is 2.55. The van der Waals surface area contributed by atoms with Gasteiger partial charge in [-0.3, -0.25) is 9.59 Å². The summed E-state index contributed by atoms with van der Waals surface area (Å²) in [4.78, 5) is 30.8. The van der Waals surface area contributed by atoms with Crippen molar-refractivity contribution >= 4 is 16.8 Å². The minimum absolute atomic E-state index is 0.163. The van der Waals surface area contributed by atoms with Crippen molar-refractivity contribution in [1.82, 2.24) is 9.88 Å². The molecule has 3 rings (SSSR count). The number of methoxy groups -OCH3 is 1. The summed E-state index contributed by atoms with van der Waals surface area (Å²) in [5, 5.41) is 0.537. The number of fused-ring (bicyclic) bond motifs is 1. The van der Waals surface area contributed by atoms with E-state index in [1.165, 1.54) is 6.20 Å². The molecule has 5 nitrogen and oxygen atoms in total. The van der Waals surface area contributed by atoms with Crippen LogP contribution in [-0.2, 0) is 6.54 Å². The predicted octanol–water partition coefficient (Wildman–Crippen LogP) is 3.90. The highest BCUT2D eigenvalue weighted by atomic mass is 16.5. The van der Waals surface area contributed by atoms with Crippen LogP contribution in [0.3, 0.4) is 0 Å². The Labute approximate surface area is 158 Å². The van der Waals surface area contributed by atoms with E-state index in [0.29, 0.717) is 18.5 Å². The van der Waals surface area contributed by atoms with E-state index >= 15 is 0 Å². The lowest BCUT2D eigenvalue weighted by Gasteiger charge is -2.23. The molecule has 1 amide bonds. The number of ether oxygens (including phenoxy) is 1. The van der Waals surface area contributed by atoms with Crippen LogP contribution in [0.5, 0.6) is 5.75 Å². The van der Waals surface area contributed by atoms with E-state index in [2.05, 4.69) is 4.98 Å². The van der Waals surface area contributed by atoms with E-state index in [-0.39, 0.29) is 16.9 Å². The first-order chi connectivity index (χ1) is 13.0. The Bertz CT molecular complexity index is 1020. The van der Waals surface area contributed by atoms with E-state index in [0.717, 1.165) is 28.8 Å². The molecule has 0 atom stereocenters. The third-order valence-electron chi connectivity index (χ3n) is 4.60. The molecule has 27 heavy (non-hydrogen) atoms. The predicted molar refractivity (Wildman–Crippen MR) is 107 cm³/mol. The molecule has 0 bridgehead atoms. The summed E-state index contributed by atoms with van der Waals surface area (Å²) in [5.74, 6) is 0.460. The van der Waals surface area contributed by atoms with Crippen LogP contribution in [0.4, 0.5) is 0 Å². The van der Waals surface area contributed by atoms with Crippen LogP contribution in [0.25, 0.3) is 10.9 Å². The van der Waals surface area contributed by atoms with Crippen molar-refractivity contribution in [3.63, 3.8) is 0 Å². The van der Waals surface area contributed by atoms with Gasteiger partial charge in [0.05, 0.1) is 7.11 Å². The van der Waals surface area contributed by atoms with Gasteiger partial charge in [-0.15, -0.1) is 0 Å². The highest BCUT2D eigenvalue weighted by molar-refractivity contribution is 5.97. The van der Waals surface area contributed by atoms with Gasteiger partial charge in [0.2, 0.25) is 5.43 Å². The highest BCUT2D eigenvalue weighted by Crippen LogP contribution is 2.20. The second-order valence-electron chi connectivity index (χ2n) is 6.62. The van der Waals surface area contributed by atoms with Gasteiger partial charge in [0.1, 0.15) is 11.3 Å². The quantitative estimate of drug-likeness (QED) is 0.722. The molecule has 0 saturated carbocycles. The van der Waals surface area contributed by atoms with Gasteiger partial charge in [-0.2, -0.15) is 0 Å². The number of aromatic nitrogens is 1. The fourth-order valence-corrected chi connectivity index (χ4v) is 3.22. The Morgan fingerprint density at radius 3 is 2.70 bits per heavy atom. The highest BCUT2D eigenvalue weighted by Gasteiger charge is 2.21. The topological polar surface area (TPSA) is 62.4 Å². The average molecular weight is 364 g/mol. The molecule has 140 valence electrons. The van der Waals surface area contributed by atoms with Crippen molar-refractivity contribution in [2.75, 3.05) is 13.7 Å². The molecule has 1 aromatic heterocycles. The Balaban J connectivity index is 1.99. The molecule has 1 N–H and O–H groups in total. The molecule has 0 fully saturated rings.